The zero-order chi connectivity index (χ0) is 18.5. The summed E-state index contributed by atoms with van der Waals surface area (Å²) in [6, 6.07) is 17.9. The first kappa shape index (κ1) is 17.0. The molecule has 0 fully saturated rings. The predicted octanol–water partition coefficient (Wildman–Crippen LogP) is 8.00. The van der Waals surface area contributed by atoms with Crippen molar-refractivity contribution >= 4 is 38.9 Å². The zero-order valence-corrected chi connectivity index (χ0v) is 17.4. The first-order valence-corrected chi connectivity index (χ1v) is 10.6. The van der Waals surface area contributed by atoms with Crippen LogP contribution in [0.2, 0.25) is 0 Å². The fourth-order valence-electron chi connectivity index (χ4n) is 4.96. The van der Waals surface area contributed by atoms with E-state index in [2.05, 4.69) is 96.5 Å². The summed E-state index contributed by atoms with van der Waals surface area (Å²) in [6.07, 6.45) is 9.52. The molecule has 2 aliphatic carbocycles. The second kappa shape index (κ2) is 6.49. The molecule has 1 heteroatoms. The molecule has 27 heavy (non-hydrogen) atoms. The zero-order valence-electron chi connectivity index (χ0n) is 15.8. The maximum atomic E-state index is 3.63. The van der Waals surface area contributed by atoms with Crippen LogP contribution in [0.3, 0.4) is 0 Å². The molecule has 0 heterocycles. The minimum Gasteiger partial charge on any atom is -0.0764 e. The van der Waals surface area contributed by atoms with Crippen LogP contribution in [0.4, 0.5) is 0 Å². The fourth-order valence-corrected chi connectivity index (χ4v) is 5.34. The summed E-state index contributed by atoms with van der Waals surface area (Å²) in [5.41, 5.74) is 8.80. The van der Waals surface area contributed by atoms with E-state index in [4.69, 9.17) is 0 Å². The van der Waals surface area contributed by atoms with Crippen molar-refractivity contribution in [1.29, 1.82) is 0 Å². The molecule has 0 bridgehead atoms. The monoisotopic (exact) mass is 414 g/mol. The molecule has 0 saturated carbocycles. The molecule has 0 aromatic heterocycles. The third-order valence-corrected chi connectivity index (χ3v) is 6.90. The van der Waals surface area contributed by atoms with Crippen molar-refractivity contribution < 1.29 is 0 Å². The molecule has 3 aromatic carbocycles. The van der Waals surface area contributed by atoms with Crippen LogP contribution in [0.5, 0.6) is 0 Å². The van der Waals surface area contributed by atoms with Crippen molar-refractivity contribution in [3.05, 3.63) is 92.5 Å². The Morgan fingerprint density at radius 2 is 1.78 bits per heavy atom. The molecule has 3 aromatic rings. The van der Waals surface area contributed by atoms with Crippen LogP contribution >= 0.6 is 15.9 Å². The first-order chi connectivity index (χ1) is 13.1. The lowest BCUT2D eigenvalue weighted by Crippen LogP contribution is -2.02. The first-order valence-electron chi connectivity index (χ1n) is 9.80. The average molecular weight is 415 g/mol. The summed E-state index contributed by atoms with van der Waals surface area (Å²) in [7, 11) is 0. The van der Waals surface area contributed by atoms with E-state index in [-0.39, 0.29) is 0 Å². The Kier molecular flexibility index (Phi) is 4.09. The SMILES string of the molecule is CC1=Cc2c(cc3cc(Br)ccc3c2C)C1CCC1C=Cc2ccccc21. The Morgan fingerprint density at radius 1 is 0.926 bits per heavy atom. The molecular weight excluding hydrogens is 392 g/mol. The quantitative estimate of drug-likeness (QED) is 0.407. The van der Waals surface area contributed by atoms with Crippen LogP contribution in [0.25, 0.3) is 22.9 Å². The van der Waals surface area contributed by atoms with Crippen molar-refractivity contribution in [2.45, 2.75) is 38.5 Å². The summed E-state index contributed by atoms with van der Waals surface area (Å²) in [6.45, 7) is 4.58. The molecule has 0 spiro atoms. The van der Waals surface area contributed by atoms with Crippen molar-refractivity contribution in [2.75, 3.05) is 0 Å². The second-order valence-electron chi connectivity index (χ2n) is 7.98. The number of hydrogen-bond donors (Lipinski definition) is 0. The number of aryl methyl sites for hydroxylation is 1. The van der Waals surface area contributed by atoms with Gasteiger partial charge in [-0.05, 0) is 83.5 Å². The van der Waals surface area contributed by atoms with Gasteiger partial charge in [0.05, 0.1) is 0 Å². The van der Waals surface area contributed by atoms with Crippen molar-refractivity contribution in [1.82, 2.24) is 0 Å². The number of hydrogen-bond acceptors (Lipinski definition) is 0. The molecule has 0 amide bonds. The Labute approximate surface area is 169 Å². The van der Waals surface area contributed by atoms with Crippen molar-refractivity contribution in [2.24, 2.45) is 0 Å². The largest absolute Gasteiger partial charge is 0.0764 e. The highest BCUT2D eigenvalue weighted by Crippen LogP contribution is 2.45. The Morgan fingerprint density at radius 3 is 2.67 bits per heavy atom. The van der Waals surface area contributed by atoms with Crippen molar-refractivity contribution in [3.8, 4) is 0 Å². The molecule has 0 radical (unpaired) electrons. The second-order valence-corrected chi connectivity index (χ2v) is 8.90. The van der Waals surface area contributed by atoms with E-state index in [0.29, 0.717) is 11.8 Å². The third-order valence-electron chi connectivity index (χ3n) is 6.41. The lowest BCUT2D eigenvalue weighted by molar-refractivity contribution is 0.626. The normalized spacial score (nSPS) is 20.0. The maximum absolute atomic E-state index is 3.63. The highest BCUT2D eigenvalue weighted by atomic mass is 79.9. The van der Waals surface area contributed by atoms with Crippen LogP contribution in [0.1, 0.15) is 59.4 Å². The Bertz CT molecular complexity index is 1120. The van der Waals surface area contributed by atoms with E-state index < -0.39 is 0 Å². The van der Waals surface area contributed by atoms with E-state index in [0.717, 1.165) is 4.47 Å². The molecular formula is C26H23Br. The highest BCUT2D eigenvalue weighted by Gasteiger charge is 2.26. The predicted molar refractivity (Wildman–Crippen MR) is 120 cm³/mol. The van der Waals surface area contributed by atoms with E-state index >= 15 is 0 Å². The third kappa shape index (κ3) is 2.80. The fraction of sp³-hybridized carbons (Fsp3) is 0.231. The van der Waals surface area contributed by atoms with Crippen LogP contribution in [-0.2, 0) is 0 Å². The van der Waals surface area contributed by atoms with Gasteiger partial charge in [0.1, 0.15) is 0 Å². The average Bonchev–Trinajstić information content (AvgIpc) is 3.21. The van der Waals surface area contributed by atoms with E-state index in [1.54, 1.807) is 0 Å². The molecule has 2 aliphatic rings. The van der Waals surface area contributed by atoms with Crippen LogP contribution < -0.4 is 0 Å². The van der Waals surface area contributed by atoms with Crippen LogP contribution in [0, 0.1) is 6.92 Å². The van der Waals surface area contributed by atoms with Crippen LogP contribution in [0.15, 0.2) is 64.7 Å². The van der Waals surface area contributed by atoms with Gasteiger partial charge in [0.15, 0.2) is 0 Å². The topological polar surface area (TPSA) is 0 Å². The minimum atomic E-state index is 0.545. The highest BCUT2D eigenvalue weighted by molar-refractivity contribution is 9.10. The van der Waals surface area contributed by atoms with Crippen molar-refractivity contribution in [3.63, 3.8) is 0 Å². The van der Waals surface area contributed by atoms with Gasteiger partial charge in [0.25, 0.3) is 0 Å². The molecule has 134 valence electrons. The van der Waals surface area contributed by atoms with Crippen LogP contribution in [-0.4, -0.2) is 0 Å². The van der Waals surface area contributed by atoms with E-state index in [1.165, 1.54) is 57.0 Å². The van der Waals surface area contributed by atoms with Gasteiger partial charge in [-0.15, -0.1) is 0 Å². The maximum Gasteiger partial charge on any atom is 0.0181 e. The van der Waals surface area contributed by atoms with Gasteiger partial charge in [-0.3, -0.25) is 0 Å². The van der Waals surface area contributed by atoms with E-state index in [9.17, 15) is 0 Å². The summed E-state index contributed by atoms with van der Waals surface area (Å²) in [4.78, 5) is 0. The molecule has 0 aliphatic heterocycles. The van der Waals surface area contributed by atoms with Gasteiger partial charge in [-0.2, -0.15) is 0 Å². The molecule has 0 saturated heterocycles. The lowest BCUT2D eigenvalue weighted by Gasteiger charge is -2.19. The Hall–Kier alpha value is -2.12. The van der Waals surface area contributed by atoms with Gasteiger partial charge in [0.2, 0.25) is 0 Å². The summed E-state index contributed by atoms with van der Waals surface area (Å²) in [5.74, 6) is 1.11. The number of benzene rings is 3. The smallest absolute Gasteiger partial charge is 0.0181 e. The van der Waals surface area contributed by atoms with Gasteiger partial charge < -0.3 is 0 Å². The Balaban J connectivity index is 1.47. The number of allylic oxidation sites excluding steroid dienone is 2. The molecule has 0 N–H and O–H groups in total. The number of rotatable bonds is 3. The molecule has 2 unspecified atom stereocenters. The van der Waals surface area contributed by atoms with Gasteiger partial charge >= 0.3 is 0 Å². The number of halogens is 1. The van der Waals surface area contributed by atoms with E-state index in [1.807, 2.05) is 0 Å². The summed E-state index contributed by atoms with van der Waals surface area (Å²) in [5, 5.41) is 2.72. The van der Waals surface area contributed by atoms with Gasteiger partial charge in [-0.1, -0.05) is 70.1 Å². The lowest BCUT2D eigenvalue weighted by atomic mass is 9.85. The summed E-state index contributed by atoms with van der Waals surface area (Å²) < 4.78 is 1.15. The molecule has 0 nitrogen and oxygen atoms in total. The van der Waals surface area contributed by atoms with Gasteiger partial charge in [0, 0.05) is 16.3 Å². The standard InChI is InChI=1S/C26H23Br/c1-16-13-25-17(2)23-12-10-21(27)14-20(23)15-26(25)22(16)11-9-19-8-7-18-5-3-4-6-24(18)19/h3-8,10,12-15,19,22H,9,11H2,1-2H3. The number of fused-ring (bicyclic) bond motifs is 3. The molecule has 2 atom stereocenters. The van der Waals surface area contributed by atoms with Gasteiger partial charge in [-0.25, -0.2) is 0 Å². The molecule has 5 rings (SSSR count). The summed E-state index contributed by atoms with van der Waals surface area (Å²) >= 11 is 3.63. The minimum absolute atomic E-state index is 0.545.